The summed E-state index contributed by atoms with van der Waals surface area (Å²) in [5, 5.41) is 0. The summed E-state index contributed by atoms with van der Waals surface area (Å²) in [6, 6.07) is 7.09. The first kappa shape index (κ1) is 12.4. The molecule has 0 saturated carbocycles. The van der Waals surface area contributed by atoms with Gasteiger partial charge in [-0.3, -0.25) is 9.59 Å². The number of amides is 1. The Hall–Kier alpha value is -1.64. The van der Waals surface area contributed by atoms with Crippen molar-refractivity contribution in [3.63, 3.8) is 0 Å². The number of ketones is 1. The van der Waals surface area contributed by atoms with E-state index in [0.717, 1.165) is 12.1 Å². The highest BCUT2D eigenvalue weighted by molar-refractivity contribution is 5.96. The van der Waals surface area contributed by atoms with Crippen molar-refractivity contribution in [1.82, 2.24) is 0 Å². The van der Waals surface area contributed by atoms with E-state index in [9.17, 15) is 9.59 Å². The van der Waals surface area contributed by atoms with Crippen molar-refractivity contribution in [2.24, 2.45) is 5.92 Å². The zero-order valence-electron chi connectivity index (χ0n) is 9.93. The van der Waals surface area contributed by atoms with Crippen LogP contribution in [0.3, 0.4) is 0 Å². The van der Waals surface area contributed by atoms with Crippen LogP contribution in [0.1, 0.15) is 30.6 Å². The highest BCUT2D eigenvalue weighted by Crippen LogP contribution is 2.15. The maximum absolute atomic E-state index is 11.7. The van der Waals surface area contributed by atoms with Gasteiger partial charge >= 0.3 is 0 Å². The number of benzene rings is 1. The van der Waals surface area contributed by atoms with Gasteiger partial charge in [0.15, 0.2) is 5.78 Å². The van der Waals surface area contributed by atoms with Crippen LogP contribution in [0, 0.1) is 5.92 Å². The molecule has 0 spiro atoms. The smallest absolute Gasteiger partial charge is 0.213 e. The van der Waals surface area contributed by atoms with E-state index in [4.69, 9.17) is 0 Å². The van der Waals surface area contributed by atoms with Crippen molar-refractivity contribution in [2.75, 3.05) is 11.9 Å². The molecule has 0 aliphatic heterocycles. The van der Waals surface area contributed by atoms with Crippen molar-refractivity contribution in [2.45, 2.75) is 20.3 Å². The normalized spacial score (nSPS) is 10.2. The standard InChI is InChI=1S/C13H17NO2/c1-10(2)8-13(16)11-4-6-12(7-5-11)14(3)9-15/h4-7,9-10H,8H2,1-3H3. The molecule has 3 heteroatoms. The predicted octanol–water partition coefficient (Wildman–Crippen LogP) is 2.51. The Kier molecular flexibility index (Phi) is 4.23. The van der Waals surface area contributed by atoms with Crippen LogP contribution in [0.25, 0.3) is 0 Å². The van der Waals surface area contributed by atoms with Gasteiger partial charge in [0.1, 0.15) is 0 Å². The van der Waals surface area contributed by atoms with Gasteiger partial charge in [-0.25, -0.2) is 0 Å². The average molecular weight is 219 g/mol. The Morgan fingerprint density at radius 2 is 1.88 bits per heavy atom. The van der Waals surface area contributed by atoms with Crippen LogP contribution in [0.5, 0.6) is 0 Å². The van der Waals surface area contributed by atoms with Crippen molar-refractivity contribution in [3.8, 4) is 0 Å². The second-order valence-corrected chi connectivity index (χ2v) is 4.28. The Bertz CT molecular complexity index is 368. The van der Waals surface area contributed by atoms with E-state index >= 15 is 0 Å². The predicted molar refractivity (Wildman–Crippen MR) is 64.7 cm³/mol. The molecule has 0 radical (unpaired) electrons. The summed E-state index contributed by atoms with van der Waals surface area (Å²) in [6.07, 6.45) is 1.30. The number of anilines is 1. The monoisotopic (exact) mass is 219 g/mol. The van der Waals surface area contributed by atoms with Crippen molar-refractivity contribution < 1.29 is 9.59 Å². The molecule has 0 heterocycles. The minimum Gasteiger partial charge on any atom is -0.318 e. The van der Waals surface area contributed by atoms with E-state index < -0.39 is 0 Å². The van der Waals surface area contributed by atoms with Gasteiger partial charge in [0.2, 0.25) is 6.41 Å². The highest BCUT2D eigenvalue weighted by Gasteiger charge is 2.08. The number of carbonyl (C=O) groups excluding carboxylic acids is 2. The summed E-state index contributed by atoms with van der Waals surface area (Å²) in [6.45, 7) is 4.04. The fourth-order valence-electron chi connectivity index (χ4n) is 1.43. The lowest BCUT2D eigenvalue weighted by molar-refractivity contribution is -0.107. The summed E-state index contributed by atoms with van der Waals surface area (Å²) < 4.78 is 0. The maximum atomic E-state index is 11.7. The van der Waals surface area contributed by atoms with Gasteiger partial charge in [-0.15, -0.1) is 0 Å². The van der Waals surface area contributed by atoms with Crippen LogP contribution in [0.2, 0.25) is 0 Å². The van der Waals surface area contributed by atoms with Gasteiger partial charge < -0.3 is 4.90 Å². The van der Waals surface area contributed by atoms with E-state index in [1.165, 1.54) is 4.90 Å². The third-order valence-corrected chi connectivity index (χ3v) is 2.35. The summed E-state index contributed by atoms with van der Waals surface area (Å²) in [4.78, 5) is 23.7. The van der Waals surface area contributed by atoms with Crippen LogP contribution < -0.4 is 4.90 Å². The van der Waals surface area contributed by atoms with Gasteiger partial charge in [0, 0.05) is 24.7 Å². The quantitative estimate of drug-likeness (QED) is 0.563. The van der Waals surface area contributed by atoms with Crippen LogP contribution in [0.4, 0.5) is 5.69 Å². The Morgan fingerprint density at radius 3 is 2.31 bits per heavy atom. The third kappa shape index (κ3) is 3.19. The molecule has 0 fully saturated rings. The third-order valence-electron chi connectivity index (χ3n) is 2.35. The van der Waals surface area contributed by atoms with E-state index in [0.29, 0.717) is 17.9 Å². The largest absolute Gasteiger partial charge is 0.318 e. The minimum absolute atomic E-state index is 0.148. The minimum atomic E-state index is 0.148. The van der Waals surface area contributed by atoms with Gasteiger partial charge in [-0.05, 0) is 30.2 Å². The molecule has 0 atom stereocenters. The van der Waals surface area contributed by atoms with Gasteiger partial charge in [-0.1, -0.05) is 13.8 Å². The molecule has 0 aliphatic rings. The first-order valence-electron chi connectivity index (χ1n) is 5.36. The van der Waals surface area contributed by atoms with Crippen molar-refractivity contribution in [1.29, 1.82) is 0 Å². The highest BCUT2D eigenvalue weighted by atomic mass is 16.1. The first-order valence-corrected chi connectivity index (χ1v) is 5.36. The lowest BCUT2D eigenvalue weighted by Gasteiger charge is -2.11. The number of Topliss-reactive ketones (excluding diaryl/α,β-unsaturated/α-hetero) is 1. The number of hydrogen-bond donors (Lipinski definition) is 0. The van der Waals surface area contributed by atoms with Crippen LogP contribution in [-0.4, -0.2) is 19.2 Å². The van der Waals surface area contributed by atoms with Gasteiger partial charge in [0.05, 0.1) is 0 Å². The van der Waals surface area contributed by atoms with E-state index in [-0.39, 0.29) is 5.78 Å². The van der Waals surface area contributed by atoms with E-state index in [1.54, 1.807) is 31.3 Å². The molecule has 16 heavy (non-hydrogen) atoms. The van der Waals surface area contributed by atoms with Crippen molar-refractivity contribution in [3.05, 3.63) is 29.8 Å². The SMILES string of the molecule is CC(C)CC(=O)c1ccc(N(C)C=O)cc1. The second-order valence-electron chi connectivity index (χ2n) is 4.28. The molecule has 0 N–H and O–H groups in total. The fourth-order valence-corrected chi connectivity index (χ4v) is 1.43. The van der Waals surface area contributed by atoms with Crippen LogP contribution >= 0.6 is 0 Å². The topological polar surface area (TPSA) is 37.4 Å². The number of nitrogens with zero attached hydrogens (tertiary/aromatic N) is 1. The van der Waals surface area contributed by atoms with E-state index in [1.807, 2.05) is 13.8 Å². The molecule has 0 bridgehead atoms. The number of rotatable bonds is 5. The average Bonchev–Trinajstić information content (AvgIpc) is 2.27. The summed E-state index contributed by atoms with van der Waals surface area (Å²) >= 11 is 0. The van der Waals surface area contributed by atoms with Crippen molar-refractivity contribution >= 4 is 17.9 Å². The Labute approximate surface area is 96.1 Å². The first-order chi connectivity index (χ1) is 7.54. The summed E-state index contributed by atoms with van der Waals surface area (Å²) in [5.74, 6) is 0.514. The molecule has 86 valence electrons. The lowest BCUT2D eigenvalue weighted by Crippen LogP contribution is -2.13. The molecule has 1 aromatic carbocycles. The zero-order chi connectivity index (χ0) is 12.1. The molecule has 1 rings (SSSR count). The second kappa shape index (κ2) is 5.45. The van der Waals surface area contributed by atoms with Crippen LogP contribution in [0.15, 0.2) is 24.3 Å². The maximum Gasteiger partial charge on any atom is 0.213 e. The Morgan fingerprint density at radius 1 is 1.31 bits per heavy atom. The Balaban J connectivity index is 2.78. The molecular formula is C13H17NO2. The molecule has 0 aromatic heterocycles. The molecule has 0 unspecified atom stereocenters. The van der Waals surface area contributed by atoms with Gasteiger partial charge in [-0.2, -0.15) is 0 Å². The molecule has 3 nitrogen and oxygen atoms in total. The molecule has 0 aliphatic carbocycles. The van der Waals surface area contributed by atoms with E-state index in [2.05, 4.69) is 0 Å². The van der Waals surface area contributed by atoms with Gasteiger partial charge in [0.25, 0.3) is 0 Å². The summed E-state index contributed by atoms with van der Waals surface area (Å²) in [7, 11) is 1.68. The number of hydrogen-bond acceptors (Lipinski definition) is 2. The van der Waals surface area contributed by atoms with Crippen LogP contribution in [-0.2, 0) is 4.79 Å². The zero-order valence-corrected chi connectivity index (χ0v) is 9.93. The molecule has 0 saturated heterocycles. The number of carbonyl (C=O) groups is 2. The summed E-state index contributed by atoms with van der Waals surface area (Å²) in [5.41, 5.74) is 1.49. The molecule has 1 aromatic rings. The molecular weight excluding hydrogens is 202 g/mol. The molecule has 1 amide bonds. The lowest BCUT2D eigenvalue weighted by atomic mass is 10.0. The fraction of sp³-hybridized carbons (Fsp3) is 0.385.